The SMILES string of the molecule is CC(C)C1(C)NC(OC(=O)c2ccccc2)=NC1=O. The normalized spacial score (nSPS) is 22.1. The third-order valence-corrected chi connectivity index (χ3v) is 3.37. The molecule has 1 N–H and O–H groups in total. The summed E-state index contributed by atoms with van der Waals surface area (Å²) in [4.78, 5) is 27.4. The zero-order valence-electron chi connectivity index (χ0n) is 11.1. The molecule has 0 aliphatic carbocycles. The van der Waals surface area contributed by atoms with Crippen LogP contribution in [0, 0.1) is 5.92 Å². The van der Waals surface area contributed by atoms with Crippen molar-refractivity contribution in [2.24, 2.45) is 10.9 Å². The molecule has 2 rings (SSSR count). The summed E-state index contributed by atoms with van der Waals surface area (Å²) in [6.45, 7) is 5.55. The van der Waals surface area contributed by atoms with Crippen LogP contribution in [-0.4, -0.2) is 23.4 Å². The molecule has 0 radical (unpaired) electrons. The first-order chi connectivity index (χ1) is 8.93. The number of nitrogens with zero attached hydrogens (tertiary/aromatic N) is 1. The molecule has 5 nitrogen and oxygen atoms in total. The zero-order chi connectivity index (χ0) is 14.0. The Labute approximate surface area is 111 Å². The summed E-state index contributed by atoms with van der Waals surface area (Å²) in [7, 11) is 0. The van der Waals surface area contributed by atoms with Crippen LogP contribution in [0.1, 0.15) is 31.1 Å². The van der Waals surface area contributed by atoms with Crippen molar-refractivity contribution in [2.45, 2.75) is 26.3 Å². The molecule has 5 heteroatoms. The van der Waals surface area contributed by atoms with Gasteiger partial charge in [-0.15, -0.1) is 0 Å². The van der Waals surface area contributed by atoms with E-state index in [9.17, 15) is 9.59 Å². The van der Waals surface area contributed by atoms with E-state index in [1.54, 1.807) is 31.2 Å². The fourth-order valence-electron chi connectivity index (χ4n) is 1.67. The van der Waals surface area contributed by atoms with Gasteiger partial charge in [0.05, 0.1) is 5.56 Å². The second kappa shape index (κ2) is 4.84. The van der Waals surface area contributed by atoms with Crippen LogP contribution in [-0.2, 0) is 9.53 Å². The van der Waals surface area contributed by atoms with Crippen LogP contribution in [0.5, 0.6) is 0 Å². The number of hydrogen-bond donors (Lipinski definition) is 1. The molecular formula is C14H16N2O3. The highest BCUT2D eigenvalue weighted by Crippen LogP contribution is 2.22. The van der Waals surface area contributed by atoms with E-state index in [1.165, 1.54) is 0 Å². The molecule has 0 spiro atoms. The summed E-state index contributed by atoms with van der Waals surface area (Å²) in [6, 6.07) is 8.53. The fourth-order valence-corrected chi connectivity index (χ4v) is 1.67. The maximum absolute atomic E-state index is 11.8. The van der Waals surface area contributed by atoms with Gasteiger partial charge in [-0.05, 0) is 25.0 Å². The lowest BCUT2D eigenvalue weighted by Crippen LogP contribution is -2.50. The number of carbonyl (C=O) groups is 2. The van der Waals surface area contributed by atoms with Crippen molar-refractivity contribution in [3.8, 4) is 0 Å². The maximum Gasteiger partial charge on any atom is 0.345 e. The molecule has 1 heterocycles. The van der Waals surface area contributed by atoms with E-state index in [0.29, 0.717) is 5.56 Å². The average Bonchev–Trinajstić information content (AvgIpc) is 2.67. The Bertz CT molecular complexity index is 537. The van der Waals surface area contributed by atoms with Gasteiger partial charge in [0.15, 0.2) is 0 Å². The first kappa shape index (κ1) is 13.3. The number of hydrogen-bond acceptors (Lipinski definition) is 4. The average molecular weight is 260 g/mol. The molecule has 1 aliphatic heterocycles. The Morgan fingerprint density at radius 3 is 2.47 bits per heavy atom. The van der Waals surface area contributed by atoms with Crippen molar-refractivity contribution >= 4 is 17.9 Å². The monoisotopic (exact) mass is 260 g/mol. The van der Waals surface area contributed by atoms with Crippen LogP contribution in [0.25, 0.3) is 0 Å². The highest BCUT2D eigenvalue weighted by molar-refractivity contribution is 6.08. The number of aliphatic imine (C=N–C) groups is 1. The van der Waals surface area contributed by atoms with Crippen molar-refractivity contribution in [2.75, 3.05) is 0 Å². The van der Waals surface area contributed by atoms with Gasteiger partial charge in [0.1, 0.15) is 5.54 Å². The Morgan fingerprint density at radius 2 is 1.95 bits per heavy atom. The van der Waals surface area contributed by atoms with Gasteiger partial charge in [0.2, 0.25) is 0 Å². The van der Waals surface area contributed by atoms with E-state index in [2.05, 4.69) is 10.3 Å². The van der Waals surface area contributed by atoms with Gasteiger partial charge in [-0.25, -0.2) is 4.79 Å². The predicted octanol–water partition coefficient (Wildman–Crippen LogP) is 1.74. The molecule has 1 amide bonds. The van der Waals surface area contributed by atoms with Crippen molar-refractivity contribution in [3.63, 3.8) is 0 Å². The van der Waals surface area contributed by atoms with Crippen LogP contribution in [0.15, 0.2) is 35.3 Å². The summed E-state index contributed by atoms with van der Waals surface area (Å²) in [5, 5.41) is 2.87. The molecule has 0 saturated heterocycles. The molecule has 1 atom stereocenters. The van der Waals surface area contributed by atoms with Gasteiger partial charge in [-0.3, -0.25) is 4.79 Å². The number of benzene rings is 1. The smallest absolute Gasteiger partial charge is 0.345 e. The summed E-state index contributed by atoms with van der Waals surface area (Å²) in [5.74, 6) is -0.817. The minimum absolute atomic E-state index is 0.0324. The van der Waals surface area contributed by atoms with Gasteiger partial charge in [-0.1, -0.05) is 32.0 Å². The Hall–Kier alpha value is -2.17. The van der Waals surface area contributed by atoms with Gasteiger partial charge in [0, 0.05) is 0 Å². The topological polar surface area (TPSA) is 67.8 Å². The Balaban J connectivity index is 2.09. The van der Waals surface area contributed by atoms with E-state index < -0.39 is 11.5 Å². The summed E-state index contributed by atoms with van der Waals surface area (Å²) in [6.07, 6.45) is 0. The number of amidine groups is 1. The van der Waals surface area contributed by atoms with Crippen molar-refractivity contribution < 1.29 is 14.3 Å². The first-order valence-electron chi connectivity index (χ1n) is 6.12. The minimum Gasteiger partial charge on any atom is -0.389 e. The lowest BCUT2D eigenvalue weighted by atomic mass is 9.89. The highest BCUT2D eigenvalue weighted by atomic mass is 16.6. The lowest BCUT2D eigenvalue weighted by Gasteiger charge is -2.26. The van der Waals surface area contributed by atoms with Crippen LogP contribution in [0.2, 0.25) is 0 Å². The second-order valence-corrected chi connectivity index (χ2v) is 4.96. The molecule has 1 unspecified atom stereocenters. The Morgan fingerprint density at radius 1 is 1.32 bits per heavy atom. The van der Waals surface area contributed by atoms with E-state index in [1.807, 2.05) is 19.9 Å². The third kappa shape index (κ3) is 2.50. The van der Waals surface area contributed by atoms with Gasteiger partial charge < -0.3 is 10.1 Å². The number of rotatable bonds is 2. The molecule has 0 bridgehead atoms. The summed E-state index contributed by atoms with van der Waals surface area (Å²) < 4.78 is 5.09. The molecule has 19 heavy (non-hydrogen) atoms. The highest BCUT2D eigenvalue weighted by Gasteiger charge is 2.43. The molecule has 100 valence electrons. The molecule has 0 saturated carbocycles. The van der Waals surface area contributed by atoms with Crippen LogP contribution in [0.3, 0.4) is 0 Å². The molecule has 0 fully saturated rings. The Kier molecular flexibility index (Phi) is 3.38. The number of esters is 1. The van der Waals surface area contributed by atoms with Crippen LogP contribution >= 0.6 is 0 Å². The molecule has 1 aromatic carbocycles. The van der Waals surface area contributed by atoms with Crippen molar-refractivity contribution in [3.05, 3.63) is 35.9 Å². The summed E-state index contributed by atoms with van der Waals surface area (Å²) in [5.41, 5.74) is -0.399. The van der Waals surface area contributed by atoms with E-state index in [4.69, 9.17) is 4.74 Å². The van der Waals surface area contributed by atoms with Crippen LogP contribution < -0.4 is 5.32 Å². The van der Waals surface area contributed by atoms with E-state index >= 15 is 0 Å². The first-order valence-corrected chi connectivity index (χ1v) is 6.12. The zero-order valence-corrected chi connectivity index (χ0v) is 11.1. The third-order valence-electron chi connectivity index (χ3n) is 3.37. The van der Waals surface area contributed by atoms with Gasteiger partial charge in [-0.2, -0.15) is 4.99 Å². The van der Waals surface area contributed by atoms with Crippen LogP contribution in [0.4, 0.5) is 0 Å². The molecule has 0 aromatic heterocycles. The number of amides is 1. The molecule has 1 aromatic rings. The maximum atomic E-state index is 11.8. The van der Waals surface area contributed by atoms with E-state index in [-0.39, 0.29) is 17.8 Å². The van der Waals surface area contributed by atoms with Gasteiger partial charge >= 0.3 is 12.0 Å². The predicted molar refractivity (Wildman–Crippen MR) is 70.7 cm³/mol. The lowest BCUT2D eigenvalue weighted by molar-refractivity contribution is -0.123. The van der Waals surface area contributed by atoms with Crippen molar-refractivity contribution in [1.29, 1.82) is 0 Å². The summed E-state index contributed by atoms with van der Waals surface area (Å²) >= 11 is 0. The van der Waals surface area contributed by atoms with Crippen molar-refractivity contribution in [1.82, 2.24) is 5.32 Å². The number of carbonyl (C=O) groups excluding carboxylic acids is 2. The second-order valence-electron chi connectivity index (χ2n) is 4.96. The minimum atomic E-state index is -0.813. The van der Waals surface area contributed by atoms with E-state index in [0.717, 1.165) is 0 Å². The van der Waals surface area contributed by atoms with Gasteiger partial charge in [0.25, 0.3) is 5.91 Å². The molecular weight excluding hydrogens is 244 g/mol. The molecule has 1 aliphatic rings. The number of nitrogens with one attached hydrogen (secondary N) is 1. The quantitative estimate of drug-likeness (QED) is 0.822. The fraction of sp³-hybridized carbons (Fsp3) is 0.357. The largest absolute Gasteiger partial charge is 0.389 e. The number of ether oxygens (including phenoxy) is 1. The standard InChI is InChI=1S/C14H16N2O3/c1-9(2)14(3)12(18)15-13(16-14)19-11(17)10-7-5-4-6-8-10/h4-9H,1-3H3,(H,15,16,18).